The van der Waals surface area contributed by atoms with Gasteiger partial charge in [-0.05, 0) is 43.0 Å². The highest BCUT2D eigenvalue weighted by molar-refractivity contribution is 5.92. The molecule has 0 fully saturated rings. The van der Waals surface area contributed by atoms with Gasteiger partial charge in [0.2, 0.25) is 11.8 Å². The molecule has 1 N–H and O–H groups in total. The van der Waals surface area contributed by atoms with E-state index >= 15 is 0 Å². The molecule has 0 aliphatic heterocycles. The second-order valence-corrected chi connectivity index (χ2v) is 6.29. The van der Waals surface area contributed by atoms with E-state index in [2.05, 4.69) is 5.32 Å². The maximum absolute atomic E-state index is 12.2. The Morgan fingerprint density at radius 3 is 2.36 bits per heavy atom. The minimum atomic E-state index is -0.0698. The molecule has 0 unspecified atom stereocenters. The number of carbonyl (C=O) groups is 2. The molecule has 0 heterocycles. The molecule has 0 bridgehead atoms. The summed E-state index contributed by atoms with van der Waals surface area (Å²) < 4.78 is 0. The molecule has 4 heteroatoms. The van der Waals surface area contributed by atoms with Crippen molar-refractivity contribution >= 4 is 17.5 Å². The Balaban J connectivity index is 1.86. The molecule has 0 saturated heterocycles. The predicted octanol–water partition coefficient (Wildman–Crippen LogP) is 3.72. The van der Waals surface area contributed by atoms with Gasteiger partial charge in [-0.1, -0.05) is 42.5 Å². The molecule has 4 nitrogen and oxygen atoms in total. The third-order valence-electron chi connectivity index (χ3n) is 4.45. The van der Waals surface area contributed by atoms with Crippen LogP contribution in [-0.4, -0.2) is 29.8 Å². The fourth-order valence-corrected chi connectivity index (χ4v) is 2.67. The summed E-state index contributed by atoms with van der Waals surface area (Å²) in [5.74, 6) is -0.0740. The van der Waals surface area contributed by atoms with Gasteiger partial charge >= 0.3 is 0 Å². The number of carbonyl (C=O) groups excluding carboxylic acids is 2. The lowest BCUT2D eigenvalue weighted by Crippen LogP contribution is -2.33. The van der Waals surface area contributed by atoms with Crippen LogP contribution in [0.4, 0.5) is 5.69 Å². The number of nitrogens with zero attached hydrogens (tertiary/aromatic N) is 1. The summed E-state index contributed by atoms with van der Waals surface area (Å²) in [6.07, 6.45) is 1.08. The molecular formula is C21H26N2O2. The Morgan fingerprint density at radius 2 is 1.68 bits per heavy atom. The maximum Gasteiger partial charge on any atom is 0.226 e. The van der Waals surface area contributed by atoms with Gasteiger partial charge in [0.15, 0.2) is 0 Å². The summed E-state index contributed by atoms with van der Waals surface area (Å²) in [4.78, 5) is 25.8. The maximum atomic E-state index is 12.2. The molecule has 0 aliphatic carbocycles. The largest absolute Gasteiger partial charge is 0.342 e. The fraction of sp³-hybridized carbons (Fsp3) is 0.333. The number of hydrogen-bond acceptors (Lipinski definition) is 2. The standard InChI is InChI=1S/C21H26N2O2/c1-16-8-7-11-20(17(16)2)22-21(25)13-15-23(18(3)24)14-12-19-9-5-4-6-10-19/h4-11H,12-15H2,1-3H3,(H,22,25). The Bertz CT molecular complexity index is 726. The van der Waals surface area contributed by atoms with Crippen molar-refractivity contribution in [1.29, 1.82) is 0 Å². The van der Waals surface area contributed by atoms with Crippen molar-refractivity contribution in [1.82, 2.24) is 4.90 Å². The van der Waals surface area contributed by atoms with Crippen LogP contribution in [0.2, 0.25) is 0 Å². The average molecular weight is 338 g/mol. The van der Waals surface area contributed by atoms with Gasteiger partial charge in [0, 0.05) is 32.1 Å². The van der Waals surface area contributed by atoms with Gasteiger partial charge in [-0.2, -0.15) is 0 Å². The summed E-state index contributed by atoms with van der Waals surface area (Å²) in [5, 5.41) is 2.94. The van der Waals surface area contributed by atoms with Crippen LogP contribution in [0.15, 0.2) is 48.5 Å². The van der Waals surface area contributed by atoms with Gasteiger partial charge in [-0.25, -0.2) is 0 Å². The highest BCUT2D eigenvalue weighted by Crippen LogP contribution is 2.18. The number of benzene rings is 2. The Morgan fingerprint density at radius 1 is 0.960 bits per heavy atom. The molecule has 0 spiro atoms. The van der Waals surface area contributed by atoms with Crippen LogP contribution >= 0.6 is 0 Å². The van der Waals surface area contributed by atoms with E-state index < -0.39 is 0 Å². The summed E-state index contributed by atoms with van der Waals surface area (Å²) in [7, 11) is 0. The second kappa shape index (κ2) is 9.02. The van der Waals surface area contributed by atoms with Crippen LogP contribution in [0.1, 0.15) is 30.0 Å². The Labute approximate surface area is 149 Å². The van der Waals surface area contributed by atoms with E-state index in [4.69, 9.17) is 0 Å². The fourth-order valence-electron chi connectivity index (χ4n) is 2.67. The molecule has 2 aromatic carbocycles. The molecule has 2 rings (SSSR count). The van der Waals surface area contributed by atoms with Crippen LogP contribution in [-0.2, 0) is 16.0 Å². The predicted molar refractivity (Wildman–Crippen MR) is 102 cm³/mol. The normalized spacial score (nSPS) is 10.4. The first-order valence-electron chi connectivity index (χ1n) is 8.63. The van der Waals surface area contributed by atoms with Crippen molar-refractivity contribution in [3.63, 3.8) is 0 Å². The minimum absolute atomic E-state index is 0.00420. The molecule has 0 aliphatic rings. The van der Waals surface area contributed by atoms with Gasteiger partial charge < -0.3 is 10.2 Å². The lowest BCUT2D eigenvalue weighted by Gasteiger charge is -2.21. The van der Waals surface area contributed by atoms with E-state index in [0.717, 1.165) is 23.2 Å². The van der Waals surface area contributed by atoms with E-state index in [1.807, 2.05) is 62.4 Å². The molecular weight excluding hydrogens is 312 g/mol. The van der Waals surface area contributed by atoms with Gasteiger partial charge in [-0.15, -0.1) is 0 Å². The lowest BCUT2D eigenvalue weighted by molar-refractivity contribution is -0.129. The summed E-state index contributed by atoms with van der Waals surface area (Å²) in [5.41, 5.74) is 4.24. The monoisotopic (exact) mass is 338 g/mol. The van der Waals surface area contributed by atoms with E-state index in [1.165, 1.54) is 5.56 Å². The third-order valence-corrected chi connectivity index (χ3v) is 4.45. The molecule has 0 aromatic heterocycles. The van der Waals surface area contributed by atoms with Gasteiger partial charge in [-0.3, -0.25) is 9.59 Å². The molecule has 0 radical (unpaired) electrons. The van der Waals surface area contributed by atoms with Crippen LogP contribution in [0, 0.1) is 13.8 Å². The van der Waals surface area contributed by atoms with Crippen molar-refractivity contribution < 1.29 is 9.59 Å². The van der Waals surface area contributed by atoms with Crippen molar-refractivity contribution in [2.45, 2.75) is 33.6 Å². The highest BCUT2D eigenvalue weighted by atomic mass is 16.2. The molecule has 25 heavy (non-hydrogen) atoms. The smallest absolute Gasteiger partial charge is 0.226 e. The average Bonchev–Trinajstić information content (AvgIpc) is 2.59. The molecule has 0 saturated carbocycles. The van der Waals surface area contributed by atoms with Crippen LogP contribution < -0.4 is 5.32 Å². The Hall–Kier alpha value is -2.62. The number of hydrogen-bond donors (Lipinski definition) is 1. The topological polar surface area (TPSA) is 49.4 Å². The number of rotatable bonds is 7. The quantitative estimate of drug-likeness (QED) is 0.836. The van der Waals surface area contributed by atoms with E-state index in [9.17, 15) is 9.59 Å². The van der Waals surface area contributed by atoms with Crippen LogP contribution in [0.3, 0.4) is 0 Å². The minimum Gasteiger partial charge on any atom is -0.342 e. The van der Waals surface area contributed by atoms with Crippen molar-refractivity contribution in [3.05, 3.63) is 65.2 Å². The molecule has 2 aromatic rings. The lowest BCUT2D eigenvalue weighted by atomic mass is 10.1. The number of nitrogens with one attached hydrogen (secondary N) is 1. The number of amides is 2. The zero-order valence-corrected chi connectivity index (χ0v) is 15.2. The number of aryl methyl sites for hydroxylation is 1. The summed E-state index contributed by atoms with van der Waals surface area (Å²) in [6.45, 7) is 6.61. The zero-order chi connectivity index (χ0) is 18.2. The van der Waals surface area contributed by atoms with Gasteiger partial charge in [0.25, 0.3) is 0 Å². The summed E-state index contributed by atoms with van der Waals surface area (Å²) >= 11 is 0. The van der Waals surface area contributed by atoms with Crippen molar-refractivity contribution in [3.8, 4) is 0 Å². The van der Waals surface area contributed by atoms with E-state index in [-0.39, 0.29) is 11.8 Å². The molecule has 2 amide bonds. The second-order valence-electron chi connectivity index (χ2n) is 6.29. The first-order valence-corrected chi connectivity index (χ1v) is 8.63. The first kappa shape index (κ1) is 18.7. The van der Waals surface area contributed by atoms with Crippen LogP contribution in [0.5, 0.6) is 0 Å². The SMILES string of the molecule is CC(=O)N(CCC(=O)Nc1cccc(C)c1C)CCc1ccccc1. The Kier molecular flexibility index (Phi) is 6.75. The van der Waals surface area contributed by atoms with Crippen molar-refractivity contribution in [2.75, 3.05) is 18.4 Å². The van der Waals surface area contributed by atoms with E-state index in [0.29, 0.717) is 19.5 Å². The zero-order valence-electron chi connectivity index (χ0n) is 15.2. The summed E-state index contributed by atoms with van der Waals surface area (Å²) in [6, 6.07) is 15.9. The molecule has 0 atom stereocenters. The van der Waals surface area contributed by atoms with Crippen LogP contribution in [0.25, 0.3) is 0 Å². The van der Waals surface area contributed by atoms with Gasteiger partial charge in [0.1, 0.15) is 0 Å². The van der Waals surface area contributed by atoms with Crippen molar-refractivity contribution in [2.24, 2.45) is 0 Å². The molecule has 132 valence electrons. The number of anilines is 1. The third kappa shape index (κ3) is 5.75. The van der Waals surface area contributed by atoms with E-state index in [1.54, 1.807) is 11.8 Å². The first-order chi connectivity index (χ1) is 12.0. The van der Waals surface area contributed by atoms with Gasteiger partial charge in [0.05, 0.1) is 0 Å². The highest BCUT2D eigenvalue weighted by Gasteiger charge is 2.12.